The Bertz CT molecular complexity index is 3100. The number of rotatable bonds is 5. The van der Waals surface area contributed by atoms with Crippen molar-refractivity contribution in [2.24, 2.45) is 0 Å². The largest absolute Gasteiger partial charge is 0.347 e. The highest BCUT2D eigenvalue weighted by Gasteiger charge is 2.47. The van der Waals surface area contributed by atoms with Crippen molar-refractivity contribution in [2.45, 2.75) is 5.41 Å². The molecule has 0 spiro atoms. The Kier molecular flexibility index (Phi) is 6.30. The molecule has 3 N–H and O–H groups in total. The zero-order valence-corrected chi connectivity index (χ0v) is 29.9. The topological polar surface area (TPSA) is 42.3 Å². The van der Waals surface area contributed by atoms with E-state index in [1.807, 2.05) is 6.20 Å². The fraction of sp³-hybridized carbons (Fsp3) is 0.0196. The van der Waals surface area contributed by atoms with Gasteiger partial charge in [-0.3, -0.25) is 5.32 Å². The molecular weight excluding hydrogens is 669 g/mol. The number of hydrogen-bond acceptors (Lipinski definition) is 0. The average molecular weight is 704 g/mol. The number of quaternary nitrogens is 1. The van der Waals surface area contributed by atoms with E-state index in [0.29, 0.717) is 0 Å². The Morgan fingerprint density at radius 1 is 0.491 bits per heavy atom. The van der Waals surface area contributed by atoms with Crippen molar-refractivity contribution >= 4 is 44.7 Å². The molecule has 4 nitrogen and oxygen atoms in total. The third-order valence-corrected chi connectivity index (χ3v) is 12.1. The number of hydrogen-bond donors (Lipinski definition) is 2. The van der Waals surface area contributed by atoms with Gasteiger partial charge >= 0.3 is 0 Å². The number of nitrogens with zero attached hydrogens (tertiary/aromatic N) is 2. The van der Waals surface area contributed by atoms with Gasteiger partial charge in [0.05, 0.1) is 33.9 Å². The van der Waals surface area contributed by atoms with E-state index in [9.17, 15) is 0 Å². The molecule has 4 heteroatoms. The van der Waals surface area contributed by atoms with Crippen molar-refractivity contribution in [2.75, 3.05) is 0 Å². The molecule has 0 fully saturated rings. The van der Waals surface area contributed by atoms with Crippen molar-refractivity contribution in [3.8, 4) is 33.6 Å². The first kappa shape index (κ1) is 30.3. The molecule has 3 aromatic heterocycles. The molecule has 0 bridgehead atoms. The van der Waals surface area contributed by atoms with Crippen LogP contribution in [0.5, 0.6) is 0 Å². The highest BCUT2D eigenvalue weighted by molar-refractivity contribution is 6.16. The van der Waals surface area contributed by atoms with Gasteiger partial charge in [0.15, 0.2) is 0 Å². The van der Waals surface area contributed by atoms with Crippen LogP contribution in [0.2, 0.25) is 0 Å². The van der Waals surface area contributed by atoms with E-state index in [2.05, 4.69) is 208 Å². The fourth-order valence-electron chi connectivity index (χ4n) is 9.84. The molecule has 0 saturated carbocycles. The van der Waals surface area contributed by atoms with Crippen LogP contribution in [0.3, 0.4) is 0 Å². The van der Waals surface area contributed by atoms with E-state index in [1.54, 1.807) is 0 Å². The molecule has 12 rings (SSSR count). The van der Waals surface area contributed by atoms with Gasteiger partial charge in [-0.1, -0.05) is 140 Å². The Morgan fingerprint density at radius 3 is 1.85 bits per heavy atom. The zero-order chi connectivity index (χ0) is 36.1. The average Bonchev–Trinajstić information content (AvgIpc) is 4.08. The first-order chi connectivity index (χ1) is 27.3. The number of H-pyrrole nitrogens is 1. The van der Waals surface area contributed by atoms with Crippen LogP contribution < -0.4 is 5.32 Å². The van der Waals surface area contributed by atoms with Crippen molar-refractivity contribution in [3.05, 3.63) is 216 Å². The summed E-state index contributed by atoms with van der Waals surface area (Å²) in [5.74, 6) is 1.23. The highest BCUT2D eigenvalue weighted by Crippen LogP contribution is 2.58. The number of fused-ring (bicyclic) bond motifs is 10. The normalized spacial score (nSPS) is 13.8. The summed E-state index contributed by atoms with van der Waals surface area (Å²) in [6.45, 7) is 0. The molecule has 258 valence electrons. The van der Waals surface area contributed by atoms with Gasteiger partial charge in [-0.2, -0.15) is 0 Å². The minimum atomic E-state index is -0.456. The number of nitrogens with two attached hydrogens (primary N) is 1. The van der Waals surface area contributed by atoms with Gasteiger partial charge in [0.25, 0.3) is 0 Å². The molecule has 4 heterocycles. The lowest BCUT2D eigenvalue weighted by molar-refractivity contribution is -0.496. The van der Waals surface area contributed by atoms with E-state index in [4.69, 9.17) is 0 Å². The van der Waals surface area contributed by atoms with E-state index in [-0.39, 0.29) is 0 Å². The summed E-state index contributed by atoms with van der Waals surface area (Å²) >= 11 is 0. The molecular formula is C51H35N4+. The van der Waals surface area contributed by atoms with Crippen LogP contribution in [0.4, 0.5) is 5.82 Å². The predicted octanol–water partition coefficient (Wildman–Crippen LogP) is 11.3. The summed E-state index contributed by atoms with van der Waals surface area (Å²) in [7, 11) is 0. The van der Waals surface area contributed by atoms with Gasteiger partial charge in [-0.25, -0.2) is 4.57 Å². The zero-order valence-electron chi connectivity index (χ0n) is 29.9. The number of para-hydroxylation sites is 1. The standard InChI is InChI=1S/C51H34N4/c1-3-11-35(12-4-1)51(36-13-5-2-6-14-36)44-17-9-7-16-43(44)47-45(51)28-27-40-39-15-8-10-18-46(39)54(48(40)47)37-23-19-33(20-24-37)34-21-25-38(26-22-34)55-49-41(29-31-52-49)42-30-32-53-50(42)55/h1-32,52-53H/p+1. The lowest BCUT2D eigenvalue weighted by Crippen LogP contribution is -2.70. The van der Waals surface area contributed by atoms with Crippen LogP contribution >= 0.6 is 0 Å². The summed E-state index contributed by atoms with van der Waals surface area (Å²) in [5.41, 5.74) is 16.9. The van der Waals surface area contributed by atoms with Crippen LogP contribution in [0.1, 0.15) is 27.8 Å². The van der Waals surface area contributed by atoms with E-state index in [0.717, 1.165) is 17.0 Å². The third kappa shape index (κ3) is 4.09. The second-order valence-electron chi connectivity index (χ2n) is 14.8. The Balaban J connectivity index is 1.04. The summed E-state index contributed by atoms with van der Waals surface area (Å²) in [6.07, 6.45) is 6.36. The second-order valence-corrected chi connectivity index (χ2v) is 14.8. The van der Waals surface area contributed by atoms with Gasteiger partial charge in [0, 0.05) is 39.7 Å². The third-order valence-electron chi connectivity index (χ3n) is 12.1. The highest BCUT2D eigenvalue weighted by atomic mass is 15.2. The minimum absolute atomic E-state index is 0.456. The molecule has 0 unspecified atom stereocenters. The molecule has 0 atom stereocenters. The minimum Gasteiger partial charge on any atom is -0.347 e. The molecule has 0 radical (unpaired) electrons. The van der Waals surface area contributed by atoms with Gasteiger partial charge in [0.2, 0.25) is 5.82 Å². The van der Waals surface area contributed by atoms with Crippen molar-refractivity contribution < 1.29 is 5.32 Å². The SMILES string of the molecule is C1=Cc2c(n(-c3ccc(-c4ccc(-n5c6ccccc6c6ccc7c(c65)-c5ccccc5C7(c5ccccc5)c5ccccc5)cc4)cc3)c3[nH]ccc23)[NH2+]1. The van der Waals surface area contributed by atoms with E-state index >= 15 is 0 Å². The van der Waals surface area contributed by atoms with Crippen LogP contribution in [-0.4, -0.2) is 14.1 Å². The van der Waals surface area contributed by atoms with Gasteiger partial charge < -0.3 is 9.55 Å². The molecule has 1 aliphatic carbocycles. The monoisotopic (exact) mass is 703 g/mol. The molecule has 0 amide bonds. The van der Waals surface area contributed by atoms with E-state index < -0.39 is 5.41 Å². The van der Waals surface area contributed by atoms with Crippen LogP contribution in [0.15, 0.2) is 188 Å². The lowest BCUT2D eigenvalue weighted by atomic mass is 9.67. The van der Waals surface area contributed by atoms with Crippen molar-refractivity contribution in [1.29, 1.82) is 0 Å². The molecule has 55 heavy (non-hydrogen) atoms. The predicted molar refractivity (Wildman–Crippen MR) is 225 cm³/mol. The molecule has 7 aromatic carbocycles. The maximum atomic E-state index is 3.46. The number of nitrogens with one attached hydrogen (secondary N) is 1. The van der Waals surface area contributed by atoms with Crippen LogP contribution in [0.25, 0.3) is 72.5 Å². The summed E-state index contributed by atoms with van der Waals surface area (Å²) in [4.78, 5) is 3.46. The van der Waals surface area contributed by atoms with Crippen molar-refractivity contribution in [1.82, 2.24) is 14.1 Å². The van der Waals surface area contributed by atoms with Gasteiger partial charge in [-0.05, 0) is 75.3 Å². The summed E-state index contributed by atoms with van der Waals surface area (Å²) in [6, 6.07) is 65.1. The molecule has 1 aliphatic heterocycles. The maximum absolute atomic E-state index is 3.46. The first-order valence-corrected chi connectivity index (χ1v) is 19.0. The van der Waals surface area contributed by atoms with Crippen LogP contribution in [0, 0.1) is 0 Å². The van der Waals surface area contributed by atoms with E-state index in [1.165, 1.54) is 83.1 Å². The molecule has 0 saturated heterocycles. The Morgan fingerprint density at radius 2 is 1.13 bits per heavy atom. The fourth-order valence-corrected chi connectivity index (χ4v) is 9.84. The maximum Gasteiger partial charge on any atom is 0.223 e. The Labute approximate surface area is 318 Å². The summed E-state index contributed by atoms with van der Waals surface area (Å²) < 4.78 is 4.82. The number of benzene rings is 7. The van der Waals surface area contributed by atoms with Crippen molar-refractivity contribution in [3.63, 3.8) is 0 Å². The Hall–Kier alpha value is -7.14. The van der Waals surface area contributed by atoms with Gasteiger partial charge in [0.1, 0.15) is 5.65 Å². The second kappa shape index (κ2) is 11.4. The van der Waals surface area contributed by atoms with Crippen LogP contribution in [-0.2, 0) is 5.41 Å². The molecule has 10 aromatic rings. The lowest BCUT2D eigenvalue weighted by Gasteiger charge is -2.33. The summed E-state index contributed by atoms with van der Waals surface area (Å²) in [5, 5.41) is 5.97. The first-order valence-electron chi connectivity index (χ1n) is 19.0. The number of aromatic amines is 1. The van der Waals surface area contributed by atoms with Gasteiger partial charge in [-0.15, -0.1) is 0 Å². The smallest absolute Gasteiger partial charge is 0.223 e. The number of aromatic nitrogens is 3. The quantitative estimate of drug-likeness (QED) is 0.179. The molecule has 2 aliphatic rings.